The molecule has 1 N–H and O–H groups in total. The largest absolute Gasteiger partial charge is 1.00 e. The molecule has 0 saturated heterocycles. The first-order valence-electron chi connectivity index (χ1n) is 7.04. The van der Waals surface area contributed by atoms with Crippen molar-refractivity contribution >= 4 is 10.1 Å². The molecule has 0 rings (SSSR count). The summed E-state index contributed by atoms with van der Waals surface area (Å²) >= 11 is 0. The summed E-state index contributed by atoms with van der Waals surface area (Å²) in [6.07, 6.45) is 6.88. The topological polar surface area (TPSA) is 77.4 Å². The molecule has 0 amide bonds. The summed E-state index contributed by atoms with van der Waals surface area (Å²) in [6, 6.07) is 0. The van der Waals surface area contributed by atoms with E-state index < -0.39 is 15.4 Å². The number of hydrogen-bond acceptors (Lipinski definition) is 4. The zero-order valence-corrected chi connectivity index (χ0v) is 15.4. The van der Waals surface area contributed by atoms with Gasteiger partial charge in [-0.15, -0.1) is 0 Å². The summed E-state index contributed by atoms with van der Waals surface area (Å²) in [7, 11) is -4.17. The van der Waals surface area contributed by atoms with Crippen LogP contribution in [0.5, 0.6) is 0 Å². The molecule has 0 saturated carbocycles. The maximum absolute atomic E-state index is 10.9. The third-order valence-electron chi connectivity index (χ3n) is 3.32. The Labute approximate surface area is 140 Å². The molecular formula is C13H27NaO4S. The van der Waals surface area contributed by atoms with Crippen molar-refractivity contribution < 1.29 is 47.6 Å². The van der Waals surface area contributed by atoms with Gasteiger partial charge in [-0.2, -0.15) is 0 Å². The minimum Gasteiger partial charge on any atom is -0.748 e. The smallest absolute Gasteiger partial charge is 0.748 e. The Kier molecular flexibility index (Phi) is 14.7. The summed E-state index contributed by atoms with van der Waals surface area (Å²) in [5.41, 5.74) is 0. The quantitative estimate of drug-likeness (QED) is 0.326. The SMILES string of the molecule is CCCCCCC(O)CCCC(CC)S(=O)(=O)[O-].[Na+]. The molecule has 0 fully saturated rings. The molecule has 0 aliphatic carbocycles. The summed E-state index contributed by atoms with van der Waals surface area (Å²) in [5.74, 6) is 0. The second kappa shape index (κ2) is 12.6. The maximum atomic E-state index is 10.9. The van der Waals surface area contributed by atoms with Crippen LogP contribution in [0.3, 0.4) is 0 Å². The van der Waals surface area contributed by atoms with Crippen LogP contribution in [0.25, 0.3) is 0 Å². The molecule has 6 heteroatoms. The molecule has 0 radical (unpaired) electrons. The third-order valence-corrected chi connectivity index (χ3v) is 4.70. The summed E-state index contributed by atoms with van der Waals surface area (Å²) in [4.78, 5) is 0. The summed E-state index contributed by atoms with van der Waals surface area (Å²) in [5, 5.41) is 8.92. The number of aliphatic hydroxyl groups is 1. The van der Waals surface area contributed by atoms with Crippen LogP contribution in [0.4, 0.5) is 0 Å². The Morgan fingerprint density at radius 2 is 1.58 bits per heavy atom. The van der Waals surface area contributed by atoms with E-state index in [1.807, 2.05) is 0 Å². The minimum atomic E-state index is -4.17. The maximum Gasteiger partial charge on any atom is 1.00 e. The van der Waals surface area contributed by atoms with Gasteiger partial charge in [0.25, 0.3) is 0 Å². The second-order valence-corrected chi connectivity index (χ2v) is 6.61. The zero-order valence-electron chi connectivity index (χ0n) is 12.6. The summed E-state index contributed by atoms with van der Waals surface area (Å²) in [6.45, 7) is 3.85. The Morgan fingerprint density at radius 1 is 1.00 bits per heavy atom. The molecule has 0 aliphatic heterocycles. The van der Waals surface area contributed by atoms with E-state index in [4.69, 9.17) is 0 Å². The van der Waals surface area contributed by atoms with Gasteiger partial charge in [-0.05, 0) is 32.1 Å². The normalized spacial score (nSPS) is 14.7. The fraction of sp³-hybridized carbons (Fsp3) is 1.00. The molecule has 110 valence electrons. The third kappa shape index (κ3) is 12.3. The van der Waals surface area contributed by atoms with Crippen LogP contribution in [-0.2, 0) is 10.1 Å². The van der Waals surface area contributed by atoms with Crippen LogP contribution < -0.4 is 29.6 Å². The Balaban J connectivity index is 0. The monoisotopic (exact) mass is 302 g/mol. The first kappa shape index (κ1) is 22.2. The van der Waals surface area contributed by atoms with Crippen molar-refractivity contribution in [2.75, 3.05) is 0 Å². The Morgan fingerprint density at radius 3 is 2.05 bits per heavy atom. The first-order chi connectivity index (χ1) is 8.41. The predicted octanol–water partition coefficient (Wildman–Crippen LogP) is -0.184. The Hall–Kier alpha value is 0.870. The van der Waals surface area contributed by atoms with Gasteiger partial charge in [0.1, 0.15) is 0 Å². The number of rotatable bonds is 11. The first-order valence-corrected chi connectivity index (χ1v) is 8.51. The van der Waals surface area contributed by atoms with Gasteiger partial charge >= 0.3 is 29.6 Å². The second-order valence-electron chi connectivity index (χ2n) is 4.96. The van der Waals surface area contributed by atoms with E-state index in [9.17, 15) is 18.1 Å². The predicted molar refractivity (Wildman–Crippen MR) is 72.4 cm³/mol. The average molecular weight is 302 g/mol. The van der Waals surface area contributed by atoms with E-state index in [1.165, 1.54) is 12.8 Å². The standard InChI is InChI=1S/C13H28O4S.Na/c1-3-5-6-7-9-12(14)10-8-11-13(4-2)18(15,16)17;/h12-14H,3-11H2,1-2H3,(H,15,16,17);/q;+1/p-1. The fourth-order valence-corrected chi connectivity index (χ4v) is 2.95. The minimum absolute atomic E-state index is 0. The van der Waals surface area contributed by atoms with Crippen LogP contribution in [0, 0.1) is 0 Å². The van der Waals surface area contributed by atoms with Crippen molar-refractivity contribution in [3.63, 3.8) is 0 Å². The van der Waals surface area contributed by atoms with Gasteiger partial charge in [0.05, 0.1) is 16.2 Å². The summed E-state index contributed by atoms with van der Waals surface area (Å²) < 4.78 is 32.6. The Bertz CT molecular complexity index is 293. The van der Waals surface area contributed by atoms with Gasteiger partial charge < -0.3 is 9.66 Å². The number of unbranched alkanes of at least 4 members (excludes halogenated alkanes) is 3. The van der Waals surface area contributed by atoms with Crippen molar-refractivity contribution in [2.45, 2.75) is 83.0 Å². The van der Waals surface area contributed by atoms with Gasteiger partial charge in [-0.25, -0.2) is 8.42 Å². The average Bonchev–Trinajstić information content (AvgIpc) is 2.28. The molecule has 0 aromatic rings. The van der Waals surface area contributed by atoms with Gasteiger partial charge in [-0.1, -0.05) is 39.5 Å². The molecule has 0 aromatic heterocycles. The van der Waals surface area contributed by atoms with E-state index >= 15 is 0 Å². The molecule has 2 unspecified atom stereocenters. The van der Waals surface area contributed by atoms with Crippen molar-refractivity contribution in [3.8, 4) is 0 Å². The van der Waals surface area contributed by atoms with Crippen LogP contribution in [0.1, 0.15) is 71.6 Å². The van der Waals surface area contributed by atoms with E-state index in [-0.39, 0.29) is 35.7 Å². The molecule has 0 bridgehead atoms. The molecule has 0 heterocycles. The van der Waals surface area contributed by atoms with Crippen molar-refractivity contribution in [1.29, 1.82) is 0 Å². The van der Waals surface area contributed by atoms with E-state index in [0.717, 1.165) is 19.3 Å². The fourth-order valence-electron chi connectivity index (χ4n) is 2.08. The van der Waals surface area contributed by atoms with Crippen molar-refractivity contribution in [1.82, 2.24) is 0 Å². The number of aliphatic hydroxyl groups excluding tert-OH is 1. The van der Waals surface area contributed by atoms with Crippen LogP contribution in [-0.4, -0.2) is 29.4 Å². The molecule has 0 aliphatic rings. The molecule has 2 atom stereocenters. The van der Waals surface area contributed by atoms with Gasteiger partial charge in [0.15, 0.2) is 0 Å². The van der Waals surface area contributed by atoms with E-state index in [0.29, 0.717) is 25.7 Å². The molecule has 0 aromatic carbocycles. The molecule has 4 nitrogen and oxygen atoms in total. The van der Waals surface area contributed by atoms with Crippen LogP contribution >= 0.6 is 0 Å². The van der Waals surface area contributed by atoms with Gasteiger partial charge in [0, 0.05) is 5.25 Å². The van der Waals surface area contributed by atoms with E-state index in [2.05, 4.69) is 6.92 Å². The number of hydrogen-bond donors (Lipinski definition) is 1. The van der Waals surface area contributed by atoms with Crippen molar-refractivity contribution in [3.05, 3.63) is 0 Å². The van der Waals surface area contributed by atoms with E-state index in [1.54, 1.807) is 6.92 Å². The molecule has 0 spiro atoms. The van der Waals surface area contributed by atoms with Crippen LogP contribution in [0.2, 0.25) is 0 Å². The van der Waals surface area contributed by atoms with Gasteiger partial charge in [0.2, 0.25) is 0 Å². The van der Waals surface area contributed by atoms with Crippen molar-refractivity contribution in [2.24, 2.45) is 0 Å². The molecular weight excluding hydrogens is 275 g/mol. The van der Waals surface area contributed by atoms with Crippen LogP contribution in [0.15, 0.2) is 0 Å². The van der Waals surface area contributed by atoms with Gasteiger partial charge in [-0.3, -0.25) is 0 Å². The molecule has 19 heavy (non-hydrogen) atoms. The zero-order chi connectivity index (χ0) is 14.0.